The number of carbonyl (C=O) groups is 2. The molecule has 172 valence electrons. The average molecular weight is 440 g/mol. The Balaban J connectivity index is 1.60. The molecule has 0 saturated carbocycles. The summed E-state index contributed by atoms with van der Waals surface area (Å²) in [5.74, 6) is 0. The van der Waals surface area contributed by atoms with Crippen LogP contribution < -0.4 is 5.32 Å². The van der Waals surface area contributed by atoms with Crippen LogP contribution in [-0.4, -0.2) is 59.8 Å². The molecule has 1 saturated heterocycles. The van der Waals surface area contributed by atoms with E-state index in [1.54, 1.807) is 9.80 Å². The third kappa shape index (κ3) is 7.18. The van der Waals surface area contributed by atoms with Gasteiger partial charge in [-0.2, -0.15) is 0 Å². The minimum atomic E-state index is -0.574. The van der Waals surface area contributed by atoms with Crippen molar-refractivity contribution in [2.75, 3.05) is 31.5 Å². The molecule has 7 heteroatoms. The highest BCUT2D eigenvalue weighted by Crippen LogP contribution is 2.19. The van der Waals surface area contributed by atoms with Gasteiger partial charge >= 0.3 is 12.2 Å². The van der Waals surface area contributed by atoms with E-state index in [1.807, 2.05) is 81.4 Å². The fourth-order valence-electron chi connectivity index (χ4n) is 3.58. The van der Waals surface area contributed by atoms with Gasteiger partial charge in [-0.05, 0) is 44.9 Å². The molecule has 0 unspecified atom stereocenters. The number of piperazine rings is 1. The third-order valence-corrected chi connectivity index (χ3v) is 5.15. The second-order valence-corrected chi connectivity index (χ2v) is 8.90. The first-order valence-corrected chi connectivity index (χ1v) is 11.1. The highest BCUT2D eigenvalue weighted by molar-refractivity contribution is 5.71. The zero-order valence-electron chi connectivity index (χ0n) is 19.1. The van der Waals surface area contributed by atoms with Gasteiger partial charge in [0, 0.05) is 31.9 Å². The van der Waals surface area contributed by atoms with Gasteiger partial charge in [0.2, 0.25) is 0 Å². The smallest absolute Gasteiger partial charge is 0.410 e. The summed E-state index contributed by atoms with van der Waals surface area (Å²) in [6.45, 7) is 7.69. The summed E-state index contributed by atoms with van der Waals surface area (Å²) in [7, 11) is 0. The lowest BCUT2D eigenvalue weighted by molar-refractivity contribution is -0.00386. The summed E-state index contributed by atoms with van der Waals surface area (Å²) in [5, 5.41) is 3.38. The summed E-state index contributed by atoms with van der Waals surface area (Å²) in [5.41, 5.74) is 1.39. The quantitative estimate of drug-likeness (QED) is 0.704. The Bertz CT molecular complexity index is 868. The van der Waals surface area contributed by atoms with Gasteiger partial charge in [-0.15, -0.1) is 0 Å². The Hall–Kier alpha value is -3.22. The molecule has 1 fully saturated rings. The van der Waals surface area contributed by atoms with Crippen LogP contribution >= 0.6 is 0 Å². The Morgan fingerprint density at radius 2 is 1.62 bits per heavy atom. The lowest BCUT2D eigenvalue weighted by Crippen LogP contribution is -2.57. The van der Waals surface area contributed by atoms with Crippen molar-refractivity contribution in [2.24, 2.45) is 0 Å². The van der Waals surface area contributed by atoms with E-state index in [4.69, 9.17) is 9.47 Å². The van der Waals surface area contributed by atoms with Gasteiger partial charge in [0.05, 0.1) is 6.04 Å². The molecule has 32 heavy (non-hydrogen) atoms. The molecule has 1 aliphatic heterocycles. The number of ether oxygens (including phenoxy) is 2. The number of hydrogen-bond donors (Lipinski definition) is 1. The van der Waals surface area contributed by atoms with Crippen LogP contribution in [0.1, 0.15) is 32.8 Å². The van der Waals surface area contributed by atoms with Crippen LogP contribution in [-0.2, 0) is 16.1 Å². The number of carbonyl (C=O) groups excluding carboxylic acids is 2. The van der Waals surface area contributed by atoms with Crippen molar-refractivity contribution in [2.45, 2.75) is 45.4 Å². The van der Waals surface area contributed by atoms with Gasteiger partial charge in [0.15, 0.2) is 0 Å². The lowest BCUT2D eigenvalue weighted by atomic mass is 10.1. The molecule has 2 aromatic rings. The van der Waals surface area contributed by atoms with Crippen LogP contribution in [0, 0.1) is 0 Å². The summed E-state index contributed by atoms with van der Waals surface area (Å²) in [6, 6.07) is 19.3. The number of nitrogens with one attached hydrogen (secondary N) is 1. The first-order valence-electron chi connectivity index (χ1n) is 11.1. The van der Waals surface area contributed by atoms with Crippen molar-refractivity contribution in [1.29, 1.82) is 0 Å². The van der Waals surface area contributed by atoms with Crippen molar-refractivity contribution in [3.05, 3.63) is 66.2 Å². The first-order chi connectivity index (χ1) is 15.3. The predicted molar refractivity (Wildman–Crippen MR) is 124 cm³/mol. The molecule has 1 N–H and O–H groups in total. The molecule has 7 nitrogen and oxygen atoms in total. The van der Waals surface area contributed by atoms with Gasteiger partial charge in [0.25, 0.3) is 0 Å². The fourth-order valence-corrected chi connectivity index (χ4v) is 3.58. The summed E-state index contributed by atoms with van der Waals surface area (Å²) >= 11 is 0. The summed E-state index contributed by atoms with van der Waals surface area (Å²) in [6.07, 6.45) is -0.0328. The lowest BCUT2D eigenvalue weighted by Gasteiger charge is -2.41. The zero-order valence-corrected chi connectivity index (χ0v) is 19.1. The first kappa shape index (κ1) is 23.4. The molecule has 0 radical (unpaired) electrons. The van der Waals surface area contributed by atoms with E-state index in [2.05, 4.69) is 5.32 Å². The van der Waals surface area contributed by atoms with E-state index < -0.39 is 5.60 Å². The number of para-hydroxylation sites is 1. The maximum Gasteiger partial charge on any atom is 0.410 e. The molecule has 2 amide bonds. The number of benzene rings is 2. The molecule has 0 aliphatic carbocycles. The van der Waals surface area contributed by atoms with Crippen LogP contribution in [0.5, 0.6) is 0 Å². The van der Waals surface area contributed by atoms with Crippen molar-refractivity contribution >= 4 is 17.9 Å². The Morgan fingerprint density at radius 3 is 2.28 bits per heavy atom. The zero-order chi connectivity index (χ0) is 23.0. The van der Waals surface area contributed by atoms with E-state index in [1.165, 1.54) is 0 Å². The predicted octanol–water partition coefficient (Wildman–Crippen LogP) is 4.75. The maximum absolute atomic E-state index is 12.8. The van der Waals surface area contributed by atoms with Gasteiger partial charge in [-0.3, -0.25) is 0 Å². The second kappa shape index (κ2) is 10.9. The Labute approximate surface area is 190 Å². The van der Waals surface area contributed by atoms with Crippen LogP contribution in [0.25, 0.3) is 0 Å². The average Bonchev–Trinajstić information content (AvgIpc) is 2.77. The normalized spacial score (nSPS) is 16.4. The molecule has 1 heterocycles. The number of nitrogens with zero attached hydrogens (tertiary/aromatic N) is 2. The molecule has 3 rings (SSSR count). The number of amides is 2. The van der Waals surface area contributed by atoms with Gasteiger partial charge in [-0.1, -0.05) is 48.5 Å². The molecule has 0 bridgehead atoms. The van der Waals surface area contributed by atoms with Crippen molar-refractivity contribution in [3.63, 3.8) is 0 Å². The van der Waals surface area contributed by atoms with Gasteiger partial charge in [-0.25, -0.2) is 9.59 Å². The van der Waals surface area contributed by atoms with E-state index in [9.17, 15) is 9.59 Å². The highest BCUT2D eigenvalue weighted by Gasteiger charge is 2.35. The van der Waals surface area contributed by atoms with E-state index in [-0.39, 0.29) is 24.8 Å². The Morgan fingerprint density at radius 1 is 0.969 bits per heavy atom. The van der Waals surface area contributed by atoms with Crippen molar-refractivity contribution < 1.29 is 19.1 Å². The van der Waals surface area contributed by atoms with Crippen LogP contribution in [0.2, 0.25) is 0 Å². The van der Waals surface area contributed by atoms with Crippen LogP contribution in [0.4, 0.5) is 15.3 Å². The minimum absolute atomic E-state index is 0.168. The standard InChI is InChI=1S/C25H33N3O4/c1-25(2,3)32-24(30)28-17-16-27(23(29)31-19-20-10-6-4-7-11-20)18-22(28)14-15-26-21-12-8-5-9-13-21/h4-13,22,26H,14-19H2,1-3H3/t22-/m1/s1. The molecular weight excluding hydrogens is 406 g/mol. The highest BCUT2D eigenvalue weighted by atomic mass is 16.6. The summed E-state index contributed by atoms with van der Waals surface area (Å²) in [4.78, 5) is 28.9. The summed E-state index contributed by atoms with van der Waals surface area (Å²) < 4.78 is 11.1. The second-order valence-electron chi connectivity index (χ2n) is 8.90. The van der Waals surface area contributed by atoms with Crippen LogP contribution in [0.3, 0.4) is 0 Å². The molecule has 1 aliphatic rings. The van der Waals surface area contributed by atoms with Crippen molar-refractivity contribution in [1.82, 2.24) is 9.80 Å². The van der Waals surface area contributed by atoms with Gasteiger partial charge < -0.3 is 24.6 Å². The molecular formula is C25H33N3O4. The minimum Gasteiger partial charge on any atom is -0.445 e. The fraction of sp³-hybridized carbons (Fsp3) is 0.440. The SMILES string of the molecule is CC(C)(C)OC(=O)N1CCN(C(=O)OCc2ccccc2)C[C@H]1CCNc1ccccc1. The Kier molecular flexibility index (Phi) is 7.98. The monoisotopic (exact) mass is 439 g/mol. The topological polar surface area (TPSA) is 71.1 Å². The molecule has 2 aromatic carbocycles. The van der Waals surface area contributed by atoms with E-state index >= 15 is 0 Å². The van der Waals surface area contributed by atoms with E-state index in [0.717, 1.165) is 11.3 Å². The number of hydrogen-bond acceptors (Lipinski definition) is 5. The third-order valence-electron chi connectivity index (χ3n) is 5.15. The molecule has 0 spiro atoms. The van der Waals surface area contributed by atoms with Crippen molar-refractivity contribution in [3.8, 4) is 0 Å². The number of anilines is 1. The molecule has 0 aromatic heterocycles. The maximum atomic E-state index is 12.8. The molecule has 1 atom stereocenters. The largest absolute Gasteiger partial charge is 0.445 e. The number of rotatable bonds is 6. The van der Waals surface area contributed by atoms with E-state index in [0.29, 0.717) is 32.6 Å². The van der Waals surface area contributed by atoms with Crippen LogP contribution in [0.15, 0.2) is 60.7 Å². The van der Waals surface area contributed by atoms with Gasteiger partial charge in [0.1, 0.15) is 12.2 Å².